The summed E-state index contributed by atoms with van der Waals surface area (Å²) >= 11 is 0. The van der Waals surface area contributed by atoms with Gasteiger partial charge in [0.1, 0.15) is 0 Å². The summed E-state index contributed by atoms with van der Waals surface area (Å²) in [5, 5.41) is 0.787. The lowest BCUT2D eigenvalue weighted by atomic mass is 9.95. The van der Waals surface area contributed by atoms with Crippen LogP contribution in [-0.4, -0.2) is 17.9 Å². The minimum absolute atomic E-state index is 0. The Hall–Kier alpha value is -3.11. The summed E-state index contributed by atoms with van der Waals surface area (Å²) in [6.45, 7) is 0. The van der Waals surface area contributed by atoms with Crippen molar-refractivity contribution in [3.05, 3.63) is 84.4 Å². The minimum atomic E-state index is 0. The molecule has 0 aliphatic heterocycles. The summed E-state index contributed by atoms with van der Waals surface area (Å²) in [7, 11) is 1.60. The molecule has 2 heterocycles. The fourth-order valence-corrected chi connectivity index (χ4v) is 3.13. The first kappa shape index (κ1) is 18.7. The number of ether oxygens (including phenoxy) is 1. The molecule has 0 atom stereocenters. The number of halogens is 1. The SMILES string of the molecule is COc1ccc(C(=O)Cc2ccncc2)c2c(-c3ccccc3)coc12.Cl. The maximum absolute atomic E-state index is 13.0. The molecule has 2 aromatic heterocycles. The second-order valence-corrected chi connectivity index (χ2v) is 5.99. The molecule has 0 amide bonds. The number of carbonyl (C=O) groups is 1. The summed E-state index contributed by atoms with van der Waals surface area (Å²) in [5.41, 5.74) is 4.03. The van der Waals surface area contributed by atoms with Crippen molar-refractivity contribution in [3.63, 3.8) is 0 Å². The highest BCUT2D eigenvalue weighted by molar-refractivity contribution is 6.13. The molecule has 27 heavy (non-hydrogen) atoms. The smallest absolute Gasteiger partial charge is 0.177 e. The van der Waals surface area contributed by atoms with E-state index in [-0.39, 0.29) is 18.2 Å². The highest BCUT2D eigenvalue weighted by atomic mass is 35.5. The average Bonchev–Trinajstić information content (AvgIpc) is 3.14. The van der Waals surface area contributed by atoms with Crippen LogP contribution in [0.25, 0.3) is 22.1 Å². The van der Waals surface area contributed by atoms with Crippen LogP contribution < -0.4 is 4.74 Å². The normalized spacial score (nSPS) is 10.4. The summed E-state index contributed by atoms with van der Waals surface area (Å²) in [6, 6.07) is 17.2. The number of methoxy groups -OCH3 is 1. The van der Waals surface area contributed by atoms with E-state index in [0.717, 1.165) is 22.1 Å². The topological polar surface area (TPSA) is 52.3 Å². The number of nitrogens with zero attached hydrogens (tertiary/aromatic N) is 1. The van der Waals surface area contributed by atoms with Crippen molar-refractivity contribution in [2.75, 3.05) is 7.11 Å². The van der Waals surface area contributed by atoms with Crippen molar-refractivity contribution in [3.8, 4) is 16.9 Å². The van der Waals surface area contributed by atoms with Gasteiger partial charge in [0, 0.05) is 35.3 Å². The Bertz CT molecular complexity index is 1060. The summed E-state index contributed by atoms with van der Waals surface area (Å²) < 4.78 is 11.2. The van der Waals surface area contributed by atoms with E-state index in [2.05, 4.69) is 4.98 Å². The molecule has 0 saturated carbocycles. The molecule has 4 aromatic rings. The third kappa shape index (κ3) is 3.57. The Balaban J connectivity index is 0.00000210. The van der Waals surface area contributed by atoms with Crippen molar-refractivity contribution in [2.24, 2.45) is 0 Å². The molecule has 136 valence electrons. The molecular formula is C22H18ClNO3. The van der Waals surface area contributed by atoms with Gasteiger partial charge in [-0.3, -0.25) is 9.78 Å². The van der Waals surface area contributed by atoms with Crippen molar-refractivity contribution >= 4 is 29.2 Å². The Morgan fingerprint density at radius 1 is 1.04 bits per heavy atom. The van der Waals surface area contributed by atoms with E-state index in [4.69, 9.17) is 9.15 Å². The van der Waals surface area contributed by atoms with E-state index in [1.165, 1.54) is 0 Å². The largest absolute Gasteiger partial charge is 0.493 e. The molecule has 0 radical (unpaired) electrons. The van der Waals surface area contributed by atoms with Crippen LogP contribution in [0.5, 0.6) is 5.75 Å². The second-order valence-electron chi connectivity index (χ2n) is 5.99. The predicted molar refractivity (Wildman–Crippen MR) is 108 cm³/mol. The van der Waals surface area contributed by atoms with Gasteiger partial charge in [-0.25, -0.2) is 0 Å². The van der Waals surface area contributed by atoms with Crippen molar-refractivity contribution in [1.29, 1.82) is 0 Å². The maximum atomic E-state index is 13.0. The fraction of sp³-hybridized carbons (Fsp3) is 0.0909. The van der Waals surface area contributed by atoms with Gasteiger partial charge in [0.25, 0.3) is 0 Å². The molecule has 4 nitrogen and oxygen atoms in total. The molecule has 0 saturated heterocycles. The molecule has 0 bridgehead atoms. The Morgan fingerprint density at radius 3 is 2.48 bits per heavy atom. The molecule has 2 aromatic carbocycles. The van der Waals surface area contributed by atoms with Crippen molar-refractivity contribution < 1.29 is 13.9 Å². The molecule has 0 N–H and O–H groups in total. The second kappa shape index (κ2) is 8.06. The number of pyridine rings is 1. The van der Waals surface area contributed by atoms with Gasteiger partial charge in [0.05, 0.1) is 13.4 Å². The zero-order valence-electron chi connectivity index (χ0n) is 14.7. The first-order valence-electron chi connectivity index (χ1n) is 8.33. The van der Waals surface area contributed by atoms with Crippen molar-refractivity contribution in [1.82, 2.24) is 4.98 Å². The third-order valence-corrected chi connectivity index (χ3v) is 4.40. The van der Waals surface area contributed by atoms with E-state index in [1.807, 2.05) is 48.5 Å². The predicted octanol–water partition coefficient (Wildman–Crippen LogP) is 5.35. The maximum Gasteiger partial charge on any atom is 0.177 e. The van der Waals surface area contributed by atoms with E-state index in [0.29, 0.717) is 23.3 Å². The fourth-order valence-electron chi connectivity index (χ4n) is 3.13. The summed E-state index contributed by atoms with van der Waals surface area (Å²) in [5.74, 6) is 0.644. The van der Waals surface area contributed by atoms with Gasteiger partial charge in [0.15, 0.2) is 17.1 Å². The van der Waals surface area contributed by atoms with Gasteiger partial charge >= 0.3 is 0 Å². The number of aromatic nitrogens is 1. The lowest BCUT2D eigenvalue weighted by Crippen LogP contribution is -2.04. The standard InChI is InChI=1S/C22H17NO3.ClH/c1-25-20-8-7-17(19(24)13-15-9-11-23-12-10-15)21-18(14-26-22(20)21)16-5-3-2-4-6-16;/h2-12,14H,13H2,1H3;1H. The Morgan fingerprint density at radius 2 is 1.78 bits per heavy atom. The van der Waals surface area contributed by atoms with Crippen LogP contribution in [0.4, 0.5) is 0 Å². The van der Waals surface area contributed by atoms with Crippen LogP contribution in [0.15, 0.2) is 77.7 Å². The van der Waals surface area contributed by atoms with Gasteiger partial charge in [-0.2, -0.15) is 0 Å². The Kier molecular flexibility index (Phi) is 5.57. The number of Topliss-reactive ketones (excluding diaryl/α,β-unsaturated/α-hetero) is 1. The van der Waals surface area contributed by atoms with E-state index < -0.39 is 0 Å². The van der Waals surface area contributed by atoms with E-state index in [1.54, 1.807) is 31.8 Å². The number of carbonyl (C=O) groups excluding carboxylic acids is 1. The van der Waals surface area contributed by atoms with Crippen LogP contribution in [-0.2, 0) is 6.42 Å². The average molecular weight is 380 g/mol. The monoisotopic (exact) mass is 379 g/mol. The van der Waals surface area contributed by atoms with Crippen LogP contribution >= 0.6 is 12.4 Å². The summed E-state index contributed by atoms with van der Waals surface area (Å²) in [4.78, 5) is 17.0. The van der Waals surface area contributed by atoms with E-state index in [9.17, 15) is 4.79 Å². The lowest BCUT2D eigenvalue weighted by Gasteiger charge is -2.08. The molecule has 5 heteroatoms. The molecular weight excluding hydrogens is 362 g/mol. The number of hydrogen-bond acceptors (Lipinski definition) is 4. The molecule has 0 spiro atoms. The zero-order chi connectivity index (χ0) is 17.9. The third-order valence-electron chi connectivity index (χ3n) is 4.40. The molecule has 0 fully saturated rings. The molecule has 0 unspecified atom stereocenters. The van der Waals surface area contributed by atoms with Gasteiger partial charge in [-0.15, -0.1) is 12.4 Å². The van der Waals surface area contributed by atoms with Crippen LogP contribution in [0.1, 0.15) is 15.9 Å². The first-order chi connectivity index (χ1) is 12.8. The van der Waals surface area contributed by atoms with Gasteiger partial charge in [0.2, 0.25) is 0 Å². The highest BCUT2D eigenvalue weighted by Crippen LogP contribution is 2.38. The van der Waals surface area contributed by atoms with Crippen LogP contribution in [0, 0.1) is 0 Å². The highest BCUT2D eigenvalue weighted by Gasteiger charge is 2.20. The van der Waals surface area contributed by atoms with Crippen molar-refractivity contribution in [2.45, 2.75) is 6.42 Å². The van der Waals surface area contributed by atoms with Gasteiger partial charge < -0.3 is 9.15 Å². The molecule has 0 aliphatic carbocycles. The van der Waals surface area contributed by atoms with Gasteiger partial charge in [-0.05, 0) is 35.4 Å². The van der Waals surface area contributed by atoms with Crippen LogP contribution in [0.3, 0.4) is 0 Å². The first-order valence-corrected chi connectivity index (χ1v) is 8.33. The number of rotatable bonds is 5. The number of benzene rings is 2. The quantitative estimate of drug-likeness (QED) is 0.438. The number of fused-ring (bicyclic) bond motifs is 1. The molecule has 0 aliphatic rings. The lowest BCUT2D eigenvalue weighted by molar-refractivity contribution is 0.0994. The number of ketones is 1. The van der Waals surface area contributed by atoms with Gasteiger partial charge in [-0.1, -0.05) is 30.3 Å². The number of hydrogen-bond donors (Lipinski definition) is 0. The summed E-state index contributed by atoms with van der Waals surface area (Å²) in [6.07, 6.45) is 5.38. The zero-order valence-corrected chi connectivity index (χ0v) is 15.5. The minimum Gasteiger partial charge on any atom is -0.493 e. The number of furan rings is 1. The molecule has 4 rings (SSSR count). The Labute approximate surface area is 163 Å². The van der Waals surface area contributed by atoms with Crippen LogP contribution in [0.2, 0.25) is 0 Å². The van der Waals surface area contributed by atoms with E-state index >= 15 is 0 Å².